The molecule has 2 saturated heterocycles. The van der Waals surface area contributed by atoms with Crippen molar-refractivity contribution in [3.63, 3.8) is 0 Å². The Bertz CT molecular complexity index is 435. The highest BCUT2D eigenvalue weighted by molar-refractivity contribution is 5.86. The van der Waals surface area contributed by atoms with Gasteiger partial charge in [0.1, 0.15) is 0 Å². The summed E-state index contributed by atoms with van der Waals surface area (Å²) in [5.74, 6) is -0.554. The molecule has 0 bridgehead atoms. The van der Waals surface area contributed by atoms with Gasteiger partial charge in [-0.05, 0) is 26.7 Å². The number of piperidine rings is 1. The quantitative estimate of drug-likeness (QED) is 0.717. The first kappa shape index (κ1) is 17.2. The Hall–Kier alpha value is -1.18. The van der Waals surface area contributed by atoms with Gasteiger partial charge < -0.3 is 20.5 Å². The molecule has 0 aromatic heterocycles. The lowest BCUT2D eigenvalue weighted by atomic mass is 9.88. The molecule has 0 radical (unpaired) electrons. The minimum Gasteiger partial charge on any atom is -0.388 e. The van der Waals surface area contributed by atoms with Crippen LogP contribution in [0.5, 0.6) is 0 Å². The monoisotopic (exact) mass is 313 g/mol. The van der Waals surface area contributed by atoms with E-state index in [4.69, 9.17) is 10.5 Å². The molecule has 2 fully saturated rings. The van der Waals surface area contributed by atoms with Crippen molar-refractivity contribution in [1.82, 2.24) is 9.80 Å². The van der Waals surface area contributed by atoms with Gasteiger partial charge in [0.2, 0.25) is 11.8 Å². The van der Waals surface area contributed by atoms with E-state index in [0.29, 0.717) is 32.6 Å². The van der Waals surface area contributed by atoms with Crippen LogP contribution >= 0.6 is 0 Å². The van der Waals surface area contributed by atoms with Crippen LogP contribution in [-0.4, -0.2) is 77.3 Å². The zero-order valence-electron chi connectivity index (χ0n) is 13.5. The lowest BCUT2D eigenvalue weighted by molar-refractivity contribution is -0.154. The zero-order valence-corrected chi connectivity index (χ0v) is 13.5. The van der Waals surface area contributed by atoms with Crippen LogP contribution in [0.15, 0.2) is 0 Å². The summed E-state index contributed by atoms with van der Waals surface area (Å²) in [5.41, 5.74) is 3.37. The molecule has 7 heteroatoms. The first-order valence-electron chi connectivity index (χ1n) is 7.87. The number of nitrogens with two attached hydrogens (primary N) is 1. The van der Waals surface area contributed by atoms with Gasteiger partial charge in [-0.3, -0.25) is 14.5 Å². The number of aliphatic hydroxyl groups is 1. The molecule has 0 aromatic rings. The minimum atomic E-state index is -1.19. The smallest absolute Gasteiger partial charge is 0.242 e. The van der Waals surface area contributed by atoms with E-state index >= 15 is 0 Å². The van der Waals surface area contributed by atoms with E-state index in [1.807, 2.05) is 13.8 Å². The lowest BCUT2D eigenvalue weighted by Gasteiger charge is -2.45. The number of amides is 2. The van der Waals surface area contributed by atoms with E-state index in [9.17, 15) is 14.7 Å². The molecule has 0 spiro atoms. The number of β-amino-alcohol motifs (C(OH)–C–C–N with tert-alkyl or cyclic N) is 1. The van der Waals surface area contributed by atoms with Crippen molar-refractivity contribution in [2.45, 2.75) is 44.2 Å². The Labute approximate surface area is 131 Å². The number of rotatable bonds is 4. The average molecular weight is 313 g/mol. The first-order chi connectivity index (χ1) is 10.2. The van der Waals surface area contributed by atoms with Crippen molar-refractivity contribution in [2.24, 2.45) is 5.73 Å². The number of likely N-dealkylation sites (tertiary alicyclic amines) is 1. The molecule has 0 aromatic carbocycles. The molecule has 2 rings (SSSR count). The van der Waals surface area contributed by atoms with Gasteiger partial charge in [0, 0.05) is 26.2 Å². The van der Waals surface area contributed by atoms with Crippen LogP contribution in [0.25, 0.3) is 0 Å². The second-order valence-electron chi connectivity index (χ2n) is 6.86. The predicted octanol–water partition coefficient (Wildman–Crippen LogP) is -0.674. The number of primary amides is 1. The Kier molecular flexibility index (Phi) is 5.09. The maximum atomic E-state index is 12.9. The van der Waals surface area contributed by atoms with E-state index in [2.05, 4.69) is 4.90 Å². The lowest BCUT2D eigenvalue weighted by Crippen LogP contribution is -2.62. The molecule has 7 nitrogen and oxygen atoms in total. The molecule has 1 atom stereocenters. The molecule has 2 aliphatic heterocycles. The van der Waals surface area contributed by atoms with E-state index < -0.39 is 17.0 Å². The van der Waals surface area contributed by atoms with Crippen LogP contribution in [0.2, 0.25) is 0 Å². The molecule has 22 heavy (non-hydrogen) atoms. The predicted molar refractivity (Wildman–Crippen MR) is 81.0 cm³/mol. The molecule has 2 amide bonds. The van der Waals surface area contributed by atoms with Gasteiger partial charge in [0.25, 0.3) is 0 Å². The maximum absolute atomic E-state index is 12.9. The molecule has 126 valence electrons. The fourth-order valence-corrected chi connectivity index (χ4v) is 3.40. The van der Waals surface area contributed by atoms with Crippen molar-refractivity contribution in [1.29, 1.82) is 0 Å². The number of nitrogens with zero attached hydrogens (tertiary/aromatic N) is 2. The zero-order chi connectivity index (χ0) is 16.4. The van der Waals surface area contributed by atoms with Crippen LogP contribution in [0.1, 0.15) is 33.1 Å². The number of carbonyl (C=O) groups excluding carboxylic acids is 2. The minimum absolute atomic E-state index is 0.0167. The van der Waals surface area contributed by atoms with Crippen LogP contribution in [0, 0.1) is 0 Å². The van der Waals surface area contributed by atoms with E-state index in [-0.39, 0.29) is 18.9 Å². The Morgan fingerprint density at radius 3 is 2.50 bits per heavy atom. The fraction of sp³-hybridized carbons (Fsp3) is 0.867. The van der Waals surface area contributed by atoms with Crippen LogP contribution in [0.4, 0.5) is 0 Å². The summed E-state index contributed by atoms with van der Waals surface area (Å²) in [6, 6.07) is 0. The normalized spacial score (nSPS) is 27.7. The molecular formula is C15H27N3O4. The molecule has 2 aliphatic rings. The number of ether oxygens (including phenoxy) is 1. The molecule has 1 unspecified atom stereocenters. The van der Waals surface area contributed by atoms with Crippen molar-refractivity contribution < 1.29 is 19.4 Å². The molecule has 3 N–H and O–H groups in total. The Morgan fingerprint density at radius 2 is 1.91 bits per heavy atom. The van der Waals surface area contributed by atoms with Crippen molar-refractivity contribution in [3.8, 4) is 0 Å². The summed E-state index contributed by atoms with van der Waals surface area (Å²) in [5, 5.41) is 10.5. The number of carbonyl (C=O) groups is 2. The number of morpholine rings is 1. The molecule has 0 saturated carbocycles. The van der Waals surface area contributed by atoms with Gasteiger partial charge in [0.15, 0.2) is 0 Å². The van der Waals surface area contributed by atoms with Gasteiger partial charge in [-0.2, -0.15) is 0 Å². The summed E-state index contributed by atoms with van der Waals surface area (Å²) in [6.07, 6.45) is 1.07. The Morgan fingerprint density at radius 1 is 1.27 bits per heavy atom. The summed E-state index contributed by atoms with van der Waals surface area (Å²) in [7, 11) is 0. The first-order valence-corrected chi connectivity index (χ1v) is 7.87. The standard InChI is InChI=1S/C15H27N3O4/c1-14(2,18-6-8-22-9-7-18)13(20)17-5-3-4-15(21,11-17)10-12(16)19/h21H,3-11H2,1-2H3,(H2,16,19). The van der Waals surface area contributed by atoms with Gasteiger partial charge in [0.05, 0.1) is 30.8 Å². The fourth-order valence-electron chi connectivity index (χ4n) is 3.40. The largest absolute Gasteiger partial charge is 0.388 e. The van der Waals surface area contributed by atoms with Gasteiger partial charge in [-0.1, -0.05) is 0 Å². The van der Waals surface area contributed by atoms with Crippen LogP contribution < -0.4 is 5.73 Å². The molecule has 2 heterocycles. The third-order valence-electron chi connectivity index (χ3n) is 4.67. The topological polar surface area (TPSA) is 96.1 Å². The summed E-state index contributed by atoms with van der Waals surface area (Å²) in [6.45, 7) is 7.28. The average Bonchev–Trinajstić information content (AvgIpc) is 2.46. The third kappa shape index (κ3) is 3.77. The number of hydrogen-bond donors (Lipinski definition) is 2. The maximum Gasteiger partial charge on any atom is 0.242 e. The van der Waals surface area contributed by atoms with E-state index in [0.717, 1.165) is 13.1 Å². The molecular weight excluding hydrogens is 286 g/mol. The summed E-state index contributed by atoms with van der Waals surface area (Å²) in [4.78, 5) is 27.8. The van der Waals surface area contributed by atoms with E-state index in [1.54, 1.807) is 4.90 Å². The SMILES string of the molecule is CC(C)(C(=O)N1CCCC(O)(CC(N)=O)C1)N1CCOCC1. The van der Waals surface area contributed by atoms with Crippen molar-refractivity contribution >= 4 is 11.8 Å². The number of hydrogen-bond acceptors (Lipinski definition) is 5. The Balaban J connectivity index is 2.05. The highest BCUT2D eigenvalue weighted by Gasteiger charge is 2.43. The highest BCUT2D eigenvalue weighted by atomic mass is 16.5. The van der Waals surface area contributed by atoms with Crippen molar-refractivity contribution in [3.05, 3.63) is 0 Å². The van der Waals surface area contributed by atoms with Crippen LogP contribution in [-0.2, 0) is 14.3 Å². The summed E-state index contributed by atoms with van der Waals surface area (Å²) < 4.78 is 5.34. The highest BCUT2D eigenvalue weighted by Crippen LogP contribution is 2.28. The third-order valence-corrected chi connectivity index (χ3v) is 4.67. The van der Waals surface area contributed by atoms with Crippen molar-refractivity contribution in [2.75, 3.05) is 39.4 Å². The van der Waals surface area contributed by atoms with E-state index in [1.165, 1.54) is 0 Å². The van der Waals surface area contributed by atoms with Gasteiger partial charge in [-0.25, -0.2) is 0 Å². The van der Waals surface area contributed by atoms with Gasteiger partial charge >= 0.3 is 0 Å². The van der Waals surface area contributed by atoms with Crippen LogP contribution in [0.3, 0.4) is 0 Å². The summed E-state index contributed by atoms with van der Waals surface area (Å²) >= 11 is 0. The van der Waals surface area contributed by atoms with Gasteiger partial charge in [-0.15, -0.1) is 0 Å². The second-order valence-corrected chi connectivity index (χ2v) is 6.86. The second kappa shape index (κ2) is 6.52. The molecule has 0 aliphatic carbocycles.